The summed E-state index contributed by atoms with van der Waals surface area (Å²) in [6.45, 7) is 1.98. The Kier molecular flexibility index (Phi) is 4.46. The molecule has 0 aliphatic heterocycles. The highest BCUT2D eigenvalue weighted by molar-refractivity contribution is 5.78. The SMILES string of the molecule is CC(Nc1nccc(-n2cnc3ccc(C(F)(F)F)cc32)n1)c1ccccc1. The predicted octanol–water partition coefficient (Wildman–Crippen LogP) is 5.01. The average Bonchev–Trinajstić information content (AvgIpc) is 3.11. The summed E-state index contributed by atoms with van der Waals surface area (Å²) in [5, 5.41) is 3.21. The lowest BCUT2D eigenvalue weighted by Gasteiger charge is -2.15. The van der Waals surface area contributed by atoms with Crippen LogP contribution in [0.5, 0.6) is 0 Å². The molecule has 0 saturated carbocycles. The molecule has 1 atom stereocenters. The number of nitrogens with zero attached hydrogens (tertiary/aromatic N) is 4. The highest BCUT2D eigenvalue weighted by Crippen LogP contribution is 2.31. The molecule has 4 rings (SSSR count). The molecule has 1 unspecified atom stereocenters. The Labute approximate surface area is 158 Å². The minimum absolute atomic E-state index is 0.0344. The first-order valence-electron chi connectivity index (χ1n) is 8.61. The van der Waals surface area contributed by atoms with Crippen LogP contribution >= 0.6 is 0 Å². The highest BCUT2D eigenvalue weighted by atomic mass is 19.4. The van der Waals surface area contributed by atoms with Crippen molar-refractivity contribution in [3.63, 3.8) is 0 Å². The summed E-state index contributed by atoms with van der Waals surface area (Å²) in [5.74, 6) is 0.808. The first-order chi connectivity index (χ1) is 13.4. The van der Waals surface area contributed by atoms with Gasteiger partial charge >= 0.3 is 6.18 Å². The lowest BCUT2D eigenvalue weighted by molar-refractivity contribution is -0.137. The normalized spacial score (nSPS) is 12.9. The van der Waals surface area contributed by atoms with Crippen LogP contribution in [0.4, 0.5) is 19.1 Å². The lowest BCUT2D eigenvalue weighted by atomic mass is 10.1. The van der Waals surface area contributed by atoms with E-state index >= 15 is 0 Å². The van der Waals surface area contributed by atoms with Crippen LogP contribution in [0, 0.1) is 0 Å². The van der Waals surface area contributed by atoms with Crippen molar-refractivity contribution in [2.45, 2.75) is 19.1 Å². The lowest BCUT2D eigenvalue weighted by Crippen LogP contribution is -2.10. The molecule has 0 saturated heterocycles. The molecule has 0 spiro atoms. The van der Waals surface area contributed by atoms with Gasteiger partial charge < -0.3 is 5.32 Å². The first kappa shape index (κ1) is 18.0. The van der Waals surface area contributed by atoms with Gasteiger partial charge in [0.2, 0.25) is 5.95 Å². The second-order valence-corrected chi connectivity index (χ2v) is 6.33. The van der Waals surface area contributed by atoms with Gasteiger partial charge in [0.1, 0.15) is 12.1 Å². The van der Waals surface area contributed by atoms with Gasteiger partial charge in [-0.05, 0) is 36.8 Å². The molecule has 5 nitrogen and oxygen atoms in total. The van der Waals surface area contributed by atoms with Gasteiger partial charge in [-0.3, -0.25) is 4.57 Å². The second-order valence-electron chi connectivity index (χ2n) is 6.33. The molecule has 0 aliphatic carbocycles. The fourth-order valence-corrected chi connectivity index (χ4v) is 2.94. The van der Waals surface area contributed by atoms with Crippen molar-refractivity contribution in [3.8, 4) is 5.82 Å². The zero-order chi connectivity index (χ0) is 19.7. The molecule has 0 bridgehead atoms. The van der Waals surface area contributed by atoms with Crippen molar-refractivity contribution in [1.29, 1.82) is 0 Å². The summed E-state index contributed by atoms with van der Waals surface area (Å²) in [7, 11) is 0. The third kappa shape index (κ3) is 3.53. The third-order valence-electron chi connectivity index (χ3n) is 4.41. The number of aromatic nitrogens is 4. The number of fused-ring (bicyclic) bond motifs is 1. The van der Waals surface area contributed by atoms with Crippen molar-refractivity contribution >= 4 is 17.0 Å². The second kappa shape index (κ2) is 6.95. The number of nitrogens with one attached hydrogen (secondary N) is 1. The van der Waals surface area contributed by atoms with E-state index in [2.05, 4.69) is 20.3 Å². The molecule has 142 valence electrons. The monoisotopic (exact) mass is 383 g/mol. The summed E-state index contributed by atoms with van der Waals surface area (Å²) in [6.07, 6.45) is -1.41. The molecule has 2 aromatic heterocycles. The van der Waals surface area contributed by atoms with Crippen molar-refractivity contribution in [3.05, 3.63) is 78.2 Å². The van der Waals surface area contributed by atoms with Crippen LogP contribution in [-0.4, -0.2) is 19.5 Å². The van der Waals surface area contributed by atoms with E-state index in [1.54, 1.807) is 12.3 Å². The summed E-state index contributed by atoms with van der Waals surface area (Å²) in [4.78, 5) is 12.8. The number of imidazole rings is 1. The van der Waals surface area contributed by atoms with Gasteiger partial charge in [0.25, 0.3) is 0 Å². The maximum Gasteiger partial charge on any atom is 0.416 e. The third-order valence-corrected chi connectivity index (χ3v) is 4.41. The number of hydrogen-bond acceptors (Lipinski definition) is 4. The van der Waals surface area contributed by atoms with Gasteiger partial charge in [0, 0.05) is 6.20 Å². The van der Waals surface area contributed by atoms with Crippen LogP contribution in [0.1, 0.15) is 24.1 Å². The molecule has 0 aliphatic rings. The summed E-state index contributed by atoms with van der Waals surface area (Å²) in [6, 6.07) is 14.8. The van der Waals surface area contributed by atoms with E-state index in [4.69, 9.17) is 0 Å². The Balaban J connectivity index is 1.68. The van der Waals surface area contributed by atoms with Gasteiger partial charge in [-0.2, -0.15) is 18.2 Å². The molecule has 0 radical (unpaired) electrons. The Morgan fingerprint density at radius 1 is 1.00 bits per heavy atom. The van der Waals surface area contributed by atoms with E-state index in [1.165, 1.54) is 17.0 Å². The van der Waals surface area contributed by atoms with Gasteiger partial charge in [-0.25, -0.2) is 9.97 Å². The molecule has 4 aromatic rings. The molecule has 0 amide bonds. The number of alkyl halides is 3. The van der Waals surface area contributed by atoms with Gasteiger partial charge in [-0.15, -0.1) is 0 Å². The average molecular weight is 383 g/mol. The summed E-state index contributed by atoms with van der Waals surface area (Å²) < 4.78 is 40.7. The number of hydrogen-bond donors (Lipinski definition) is 1. The van der Waals surface area contributed by atoms with Crippen molar-refractivity contribution < 1.29 is 13.2 Å². The van der Waals surface area contributed by atoms with Gasteiger partial charge in [0.05, 0.1) is 22.6 Å². The van der Waals surface area contributed by atoms with E-state index in [1.807, 2.05) is 37.3 Å². The fourth-order valence-electron chi connectivity index (χ4n) is 2.94. The standard InChI is InChI=1S/C20H16F3N5/c1-13(14-5-3-2-4-6-14)26-19-24-10-9-18(27-19)28-12-25-16-8-7-15(11-17(16)28)20(21,22)23/h2-13H,1H3,(H,24,26,27). The van der Waals surface area contributed by atoms with Crippen LogP contribution in [0.2, 0.25) is 0 Å². The maximum atomic E-state index is 13.1. The minimum Gasteiger partial charge on any atom is -0.348 e. The van der Waals surface area contributed by atoms with Crippen LogP contribution in [0.15, 0.2) is 67.1 Å². The van der Waals surface area contributed by atoms with Crippen LogP contribution in [0.25, 0.3) is 16.9 Å². The van der Waals surface area contributed by atoms with E-state index < -0.39 is 11.7 Å². The Morgan fingerprint density at radius 2 is 1.79 bits per heavy atom. The summed E-state index contributed by atoms with van der Waals surface area (Å²) >= 11 is 0. The predicted molar refractivity (Wildman–Crippen MR) is 100 cm³/mol. The van der Waals surface area contributed by atoms with Gasteiger partial charge in [-0.1, -0.05) is 30.3 Å². The van der Waals surface area contributed by atoms with E-state index in [-0.39, 0.29) is 6.04 Å². The number of halogens is 3. The fraction of sp³-hybridized carbons (Fsp3) is 0.150. The van der Waals surface area contributed by atoms with Crippen molar-refractivity contribution in [1.82, 2.24) is 19.5 Å². The van der Waals surface area contributed by atoms with E-state index in [0.717, 1.165) is 17.7 Å². The highest BCUT2D eigenvalue weighted by Gasteiger charge is 2.31. The zero-order valence-corrected chi connectivity index (χ0v) is 14.9. The summed E-state index contributed by atoms with van der Waals surface area (Å²) in [5.41, 5.74) is 1.13. The van der Waals surface area contributed by atoms with Crippen LogP contribution < -0.4 is 5.32 Å². The molecular formula is C20H16F3N5. The Morgan fingerprint density at radius 3 is 2.54 bits per heavy atom. The van der Waals surface area contributed by atoms with E-state index in [0.29, 0.717) is 22.8 Å². The van der Waals surface area contributed by atoms with E-state index in [9.17, 15) is 13.2 Å². The number of benzene rings is 2. The van der Waals surface area contributed by atoms with Gasteiger partial charge in [0.15, 0.2) is 0 Å². The zero-order valence-electron chi connectivity index (χ0n) is 14.9. The molecule has 0 fully saturated rings. The first-order valence-corrected chi connectivity index (χ1v) is 8.61. The Bertz CT molecular complexity index is 1110. The van der Waals surface area contributed by atoms with Crippen LogP contribution in [0.3, 0.4) is 0 Å². The largest absolute Gasteiger partial charge is 0.416 e. The van der Waals surface area contributed by atoms with Crippen molar-refractivity contribution in [2.75, 3.05) is 5.32 Å². The quantitative estimate of drug-likeness (QED) is 0.538. The molecule has 8 heteroatoms. The maximum absolute atomic E-state index is 13.1. The molecule has 1 N–H and O–H groups in total. The number of anilines is 1. The Hall–Kier alpha value is -3.42. The molecule has 2 heterocycles. The topological polar surface area (TPSA) is 55.6 Å². The smallest absolute Gasteiger partial charge is 0.348 e. The van der Waals surface area contributed by atoms with Crippen LogP contribution in [-0.2, 0) is 6.18 Å². The minimum atomic E-state index is -4.42. The molecule has 2 aromatic carbocycles. The molecule has 28 heavy (non-hydrogen) atoms. The number of rotatable bonds is 4. The molecular weight excluding hydrogens is 367 g/mol. The van der Waals surface area contributed by atoms with Crippen molar-refractivity contribution in [2.24, 2.45) is 0 Å².